The first-order valence-corrected chi connectivity index (χ1v) is 13.4. The Morgan fingerprint density at radius 2 is 1.78 bits per heavy atom. The molecular weight excluding hydrogens is 524 g/mol. The van der Waals surface area contributed by atoms with Crippen LogP contribution in [0.2, 0.25) is 10.0 Å². The number of rotatable bonds is 10. The maximum absolute atomic E-state index is 15.1. The van der Waals surface area contributed by atoms with Crippen molar-refractivity contribution in [2.45, 2.75) is 30.8 Å². The molecule has 0 aliphatic heterocycles. The lowest BCUT2D eigenvalue weighted by Crippen LogP contribution is -2.34. The lowest BCUT2D eigenvalue weighted by Gasteiger charge is -2.32. The summed E-state index contributed by atoms with van der Waals surface area (Å²) in [4.78, 5) is 3.99. The van der Waals surface area contributed by atoms with Gasteiger partial charge in [0.25, 0.3) is 10.0 Å². The van der Waals surface area contributed by atoms with E-state index in [9.17, 15) is 8.42 Å². The van der Waals surface area contributed by atoms with E-state index in [0.717, 1.165) is 23.3 Å². The van der Waals surface area contributed by atoms with Gasteiger partial charge in [-0.2, -0.15) is 0 Å². The van der Waals surface area contributed by atoms with Crippen LogP contribution in [0.15, 0.2) is 90.3 Å². The van der Waals surface area contributed by atoms with Gasteiger partial charge in [-0.1, -0.05) is 41.4 Å². The Balaban J connectivity index is 1.70. The molecule has 0 amide bonds. The van der Waals surface area contributed by atoms with Gasteiger partial charge in [-0.05, 0) is 61.9 Å². The standard InChI is InChI=1S/C26H24Cl2FN3O3S/c1-19(23-5-2-3-6-26(23)35-16-4-14-31-15-13-30-18-31)32(25-17-21(28)9-12-24(25)29)36(33,34)22-10-7-20(27)8-11-22/h2-3,5-13,15,17-19H,4,14,16H2,1H3/t19-/m1/s1. The summed E-state index contributed by atoms with van der Waals surface area (Å²) in [6.07, 6.45) is 6.03. The van der Waals surface area contributed by atoms with Crippen LogP contribution in [0.3, 0.4) is 0 Å². The number of sulfonamides is 1. The van der Waals surface area contributed by atoms with Gasteiger partial charge < -0.3 is 9.30 Å². The van der Waals surface area contributed by atoms with Gasteiger partial charge in [0.2, 0.25) is 0 Å². The maximum Gasteiger partial charge on any atom is 0.264 e. The van der Waals surface area contributed by atoms with E-state index in [1.165, 1.54) is 36.4 Å². The minimum Gasteiger partial charge on any atom is -0.493 e. The molecule has 36 heavy (non-hydrogen) atoms. The highest BCUT2D eigenvalue weighted by atomic mass is 35.5. The van der Waals surface area contributed by atoms with Crippen LogP contribution in [0.4, 0.5) is 10.1 Å². The van der Waals surface area contributed by atoms with Crippen molar-refractivity contribution in [1.29, 1.82) is 0 Å². The lowest BCUT2D eigenvalue weighted by atomic mass is 10.1. The molecule has 1 heterocycles. The number of para-hydroxylation sites is 1. The third-order valence-corrected chi connectivity index (χ3v) is 8.00. The first-order chi connectivity index (χ1) is 17.3. The molecule has 0 spiro atoms. The Kier molecular flexibility index (Phi) is 8.18. The predicted molar refractivity (Wildman–Crippen MR) is 140 cm³/mol. The van der Waals surface area contributed by atoms with Crippen LogP contribution in [0, 0.1) is 5.82 Å². The number of nitrogens with zero attached hydrogens (tertiary/aromatic N) is 3. The molecule has 0 saturated heterocycles. The molecule has 0 fully saturated rings. The SMILES string of the molecule is C[C@H](c1ccccc1OCCCn1ccnc1)N(c1cc(Cl)ccc1F)S(=O)(=O)c1ccc(Cl)cc1. The summed E-state index contributed by atoms with van der Waals surface area (Å²) in [6, 6.07) is 15.8. The van der Waals surface area contributed by atoms with Crippen LogP contribution < -0.4 is 9.04 Å². The summed E-state index contributed by atoms with van der Waals surface area (Å²) >= 11 is 12.1. The Morgan fingerprint density at radius 1 is 1.06 bits per heavy atom. The van der Waals surface area contributed by atoms with Crippen LogP contribution in [-0.4, -0.2) is 24.6 Å². The van der Waals surface area contributed by atoms with E-state index < -0.39 is 21.9 Å². The topological polar surface area (TPSA) is 64.4 Å². The number of aryl methyl sites for hydroxylation is 1. The summed E-state index contributed by atoms with van der Waals surface area (Å²) in [7, 11) is -4.22. The molecule has 0 saturated carbocycles. The molecule has 4 rings (SSSR count). The van der Waals surface area contributed by atoms with Gasteiger partial charge in [0, 0.05) is 34.5 Å². The smallest absolute Gasteiger partial charge is 0.264 e. The van der Waals surface area contributed by atoms with Crippen LogP contribution in [0.5, 0.6) is 5.75 Å². The van der Waals surface area contributed by atoms with Gasteiger partial charge in [-0.25, -0.2) is 17.8 Å². The zero-order valence-corrected chi connectivity index (χ0v) is 21.7. The summed E-state index contributed by atoms with van der Waals surface area (Å²) in [5.41, 5.74) is 0.414. The highest BCUT2D eigenvalue weighted by Gasteiger charge is 2.33. The average Bonchev–Trinajstić information content (AvgIpc) is 3.38. The number of aromatic nitrogens is 2. The third kappa shape index (κ3) is 5.83. The van der Waals surface area contributed by atoms with E-state index in [4.69, 9.17) is 27.9 Å². The monoisotopic (exact) mass is 547 g/mol. The third-order valence-electron chi connectivity index (χ3n) is 5.61. The number of halogens is 3. The molecule has 188 valence electrons. The Morgan fingerprint density at radius 3 is 2.50 bits per heavy atom. The van der Waals surface area contributed by atoms with Crippen molar-refractivity contribution >= 4 is 38.9 Å². The van der Waals surface area contributed by atoms with E-state index in [2.05, 4.69) is 4.98 Å². The van der Waals surface area contributed by atoms with E-state index in [1.54, 1.807) is 43.7 Å². The fraction of sp³-hybridized carbons (Fsp3) is 0.192. The van der Waals surface area contributed by atoms with Crippen molar-refractivity contribution in [1.82, 2.24) is 9.55 Å². The fourth-order valence-electron chi connectivity index (χ4n) is 3.85. The number of ether oxygens (including phenoxy) is 1. The van der Waals surface area contributed by atoms with Crippen molar-refractivity contribution in [2.75, 3.05) is 10.9 Å². The van der Waals surface area contributed by atoms with Gasteiger partial charge in [0.15, 0.2) is 0 Å². The molecule has 1 aromatic heterocycles. The molecule has 4 aromatic rings. The second-order valence-electron chi connectivity index (χ2n) is 8.07. The summed E-state index contributed by atoms with van der Waals surface area (Å²) in [5, 5.41) is 0.593. The molecule has 0 aliphatic carbocycles. The first-order valence-electron chi connectivity index (χ1n) is 11.2. The van der Waals surface area contributed by atoms with Crippen molar-refractivity contribution in [3.63, 3.8) is 0 Å². The van der Waals surface area contributed by atoms with Crippen molar-refractivity contribution in [3.05, 3.63) is 107 Å². The normalized spacial score (nSPS) is 12.3. The Labute approximate surface area is 219 Å². The largest absolute Gasteiger partial charge is 0.493 e. The maximum atomic E-state index is 15.1. The number of imidazole rings is 1. The average molecular weight is 548 g/mol. The van der Waals surface area contributed by atoms with E-state index in [0.29, 0.717) is 22.9 Å². The predicted octanol–water partition coefficient (Wildman–Crippen LogP) is 6.75. The van der Waals surface area contributed by atoms with Gasteiger partial charge in [0.1, 0.15) is 11.6 Å². The number of anilines is 1. The highest BCUT2D eigenvalue weighted by molar-refractivity contribution is 7.92. The van der Waals surface area contributed by atoms with Gasteiger partial charge in [-0.3, -0.25) is 4.31 Å². The summed E-state index contributed by atoms with van der Waals surface area (Å²) < 4.78 is 51.8. The van der Waals surface area contributed by atoms with Gasteiger partial charge in [0.05, 0.1) is 29.6 Å². The van der Waals surface area contributed by atoms with Gasteiger partial charge >= 0.3 is 0 Å². The van der Waals surface area contributed by atoms with Crippen molar-refractivity contribution in [2.24, 2.45) is 0 Å². The molecule has 0 bridgehead atoms. The van der Waals surface area contributed by atoms with Crippen LogP contribution in [-0.2, 0) is 16.6 Å². The van der Waals surface area contributed by atoms with Crippen LogP contribution in [0.25, 0.3) is 0 Å². The lowest BCUT2D eigenvalue weighted by molar-refractivity contribution is 0.297. The van der Waals surface area contributed by atoms with E-state index >= 15 is 4.39 Å². The fourth-order valence-corrected chi connectivity index (χ4v) is 5.78. The molecular formula is C26H24Cl2FN3O3S. The zero-order chi connectivity index (χ0) is 25.7. The quantitative estimate of drug-likeness (QED) is 0.206. The highest BCUT2D eigenvalue weighted by Crippen LogP contribution is 2.39. The van der Waals surface area contributed by atoms with Crippen LogP contribution >= 0.6 is 23.2 Å². The van der Waals surface area contributed by atoms with E-state index in [1.807, 2.05) is 10.8 Å². The summed E-state index contributed by atoms with van der Waals surface area (Å²) in [6.45, 7) is 2.81. The minimum absolute atomic E-state index is 0.0307. The molecule has 3 aromatic carbocycles. The van der Waals surface area contributed by atoms with Crippen molar-refractivity contribution in [3.8, 4) is 5.75 Å². The molecule has 0 unspecified atom stereocenters. The minimum atomic E-state index is -4.22. The molecule has 10 heteroatoms. The van der Waals surface area contributed by atoms with Crippen molar-refractivity contribution < 1.29 is 17.5 Å². The number of hydrogen-bond donors (Lipinski definition) is 0. The molecule has 1 atom stereocenters. The van der Waals surface area contributed by atoms with E-state index in [-0.39, 0.29) is 15.6 Å². The molecule has 6 nitrogen and oxygen atoms in total. The second kappa shape index (κ2) is 11.3. The number of hydrogen-bond acceptors (Lipinski definition) is 4. The Hall–Kier alpha value is -3.07. The van der Waals surface area contributed by atoms with Gasteiger partial charge in [-0.15, -0.1) is 0 Å². The molecule has 0 radical (unpaired) electrons. The number of benzene rings is 3. The first kappa shape index (κ1) is 26.0. The second-order valence-corrected chi connectivity index (χ2v) is 10.8. The van der Waals surface area contributed by atoms with Crippen LogP contribution in [0.1, 0.15) is 24.9 Å². The molecule has 0 N–H and O–H groups in total. The zero-order valence-electron chi connectivity index (χ0n) is 19.4. The summed E-state index contributed by atoms with van der Waals surface area (Å²) in [5.74, 6) is -0.211. The molecule has 0 aliphatic rings. The Bertz CT molecular complexity index is 1410.